The predicted octanol–water partition coefficient (Wildman–Crippen LogP) is 11.7. The van der Waals surface area contributed by atoms with E-state index in [2.05, 4.69) is 62.4 Å². The second-order valence-corrected chi connectivity index (χ2v) is 13.7. The summed E-state index contributed by atoms with van der Waals surface area (Å²) in [5.41, 5.74) is 6.68. The van der Waals surface area contributed by atoms with Crippen molar-refractivity contribution in [2.24, 2.45) is 23.7 Å². The van der Waals surface area contributed by atoms with Crippen LogP contribution in [0.2, 0.25) is 0 Å². The molecule has 2 fully saturated rings. The number of hydrogen-bond acceptors (Lipinski definition) is 3. The summed E-state index contributed by atoms with van der Waals surface area (Å²) in [5, 5.41) is 18.7. The van der Waals surface area contributed by atoms with Crippen LogP contribution >= 0.6 is 0 Å². The Balaban J connectivity index is 1.42. The molecule has 0 radical (unpaired) electrons. The molecule has 2 saturated carbocycles. The first kappa shape index (κ1) is 34.7. The number of nitriles is 2. The molecular formula is C42H56N2O. The number of nitrogens with zero attached hydrogens (tertiary/aromatic N) is 2. The third kappa shape index (κ3) is 11.0. The van der Waals surface area contributed by atoms with Gasteiger partial charge in [0.25, 0.3) is 0 Å². The average Bonchev–Trinajstić information content (AvgIpc) is 3.09. The van der Waals surface area contributed by atoms with Gasteiger partial charge in [0, 0.05) is 0 Å². The minimum atomic E-state index is 0.557. The number of hydrogen-bond donors (Lipinski definition) is 0. The van der Waals surface area contributed by atoms with Gasteiger partial charge in [0.15, 0.2) is 0 Å². The number of ether oxygens (including phenoxy) is 1. The highest BCUT2D eigenvalue weighted by molar-refractivity contribution is 5.69. The van der Waals surface area contributed by atoms with Gasteiger partial charge in [-0.25, -0.2) is 0 Å². The SMILES string of the molecule is CCCCCC1CCC(C(=CCOCC=C(c2ccc(C#N)cc2)C2CCC(CCCCC)CC2)c2ccc(C#N)cc2)CC1. The van der Waals surface area contributed by atoms with E-state index >= 15 is 0 Å². The Labute approximate surface area is 274 Å². The highest BCUT2D eigenvalue weighted by Crippen LogP contribution is 2.41. The van der Waals surface area contributed by atoms with Crippen molar-refractivity contribution < 1.29 is 4.74 Å². The fraction of sp³-hybridized carbons (Fsp3) is 0.571. The van der Waals surface area contributed by atoms with Crippen molar-refractivity contribution in [3.63, 3.8) is 0 Å². The molecule has 0 saturated heterocycles. The van der Waals surface area contributed by atoms with Gasteiger partial charge in [-0.05, 0) is 122 Å². The molecule has 2 aromatic carbocycles. The molecule has 240 valence electrons. The molecule has 0 unspecified atom stereocenters. The monoisotopic (exact) mass is 604 g/mol. The van der Waals surface area contributed by atoms with Crippen molar-refractivity contribution in [3.8, 4) is 12.1 Å². The highest BCUT2D eigenvalue weighted by Gasteiger charge is 2.26. The van der Waals surface area contributed by atoms with E-state index in [1.807, 2.05) is 24.3 Å². The van der Waals surface area contributed by atoms with Crippen LogP contribution in [0.25, 0.3) is 11.1 Å². The molecule has 2 aliphatic carbocycles. The van der Waals surface area contributed by atoms with E-state index in [4.69, 9.17) is 4.74 Å². The minimum Gasteiger partial charge on any atom is -0.373 e. The Kier molecular flexibility index (Phi) is 15.0. The fourth-order valence-corrected chi connectivity index (χ4v) is 7.77. The fourth-order valence-electron chi connectivity index (χ4n) is 7.77. The second kappa shape index (κ2) is 19.4. The van der Waals surface area contributed by atoms with Crippen LogP contribution in [0.3, 0.4) is 0 Å². The molecule has 0 amide bonds. The number of allylic oxidation sites excluding steroid dienone is 2. The first-order chi connectivity index (χ1) is 22.1. The van der Waals surface area contributed by atoms with E-state index < -0.39 is 0 Å². The molecule has 2 aromatic rings. The zero-order chi connectivity index (χ0) is 31.7. The van der Waals surface area contributed by atoms with Gasteiger partial charge in [0.2, 0.25) is 0 Å². The molecule has 2 aliphatic rings. The van der Waals surface area contributed by atoms with Crippen LogP contribution in [0.15, 0.2) is 60.7 Å². The molecule has 4 rings (SSSR count). The van der Waals surface area contributed by atoms with Crippen LogP contribution < -0.4 is 0 Å². The van der Waals surface area contributed by atoms with E-state index in [-0.39, 0.29) is 0 Å². The Bertz CT molecular complexity index is 1170. The van der Waals surface area contributed by atoms with Crippen molar-refractivity contribution in [3.05, 3.63) is 82.9 Å². The van der Waals surface area contributed by atoms with Crippen molar-refractivity contribution in [1.29, 1.82) is 10.5 Å². The van der Waals surface area contributed by atoms with E-state index in [1.54, 1.807) is 0 Å². The lowest BCUT2D eigenvalue weighted by molar-refractivity contribution is 0.193. The van der Waals surface area contributed by atoms with Crippen molar-refractivity contribution in [1.82, 2.24) is 0 Å². The number of unbranched alkanes of at least 4 members (excludes halogenated alkanes) is 4. The maximum Gasteiger partial charge on any atom is 0.0991 e. The summed E-state index contributed by atoms with van der Waals surface area (Å²) in [7, 11) is 0. The minimum absolute atomic E-state index is 0.557. The first-order valence-corrected chi connectivity index (χ1v) is 18.1. The van der Waals surface area contributed by atoms with Crippen molar-refractivity contribution in [2.75, 3.05) is 13.2 Å². The summed E-state index contributed by atoms with van der Waals surface area (Å²) in [5.74, 6) is 2.87. The van der Waals surface area contributed by atoms with Gasteiger partial charge in [0.1, 0.15) is 0 Å². The van der Waals surface area contributed by atoms with Gasteiger partial charge in [-0.2, -0.15) is 10.5 Å². The lowest BCUT2D eigenvalue weighted by atomic mass is 9.75. The first-order valence-electron chi connectivity index (χ1n) is 18.1. The summed E-state index contributed by atoms with van der Waals surface area (Å²) in [6, 6.07) is 20.8. The van der Waals surface area contributed by atoms with Crippen LogP contribution in [-0.4, -0.2) is 13.2 Å². The number of rotatable bonds is 16. The van der Waals surface area contributed by atoms with E-state index in [1.165, 1.54) is 125 Å². The summed E-state index contributed by atoms with van der Waals surface area (Å²) in [6.45, 7) is 5.76. The molecular weight excluding hydrogens is 548 g/mol. The molecule has 3 heteroatoms. The van der Waals surface area contributed by atoms with Gasteiger partial charge < -0.3 is 4.74 Å². The molecule has 0 bridgehead atoms. The van der Waals surface area contributed by atoms with Crippen LogP contribution in [-0.2, 0) is 4.74 Å². The molecule has 0 aromatic heterocycles. The third-order valence-corrected chi connectivity index (χ3v) is 10.5. The lowest BCUT2D eigenvalue weighted by Crippen LogP contribution is -2.17. The Morgan fingerprint density at radius 2 is 0.978 bits per heavy atom. The maximum atomic E-state index is 9.33. The van der Waals surface area contributed by atoms with E-state index in [9.17, 15) is 10.5 Å². The topological polar surface area (TPSA) is 56.8 Å². The largest absolute Gasteiger partial charge is 0.373 e. The van der Waals surface area contributed by atoms with Crippen LogP contribution in [0, 0.1) is 46.3 Å². The highest BCUT2D eigenvalue weighted by atomic mass is 16.5. The Hall–Kier alpha value is -3.14. The molecule has 0 spiro atoms. The van der Waals surface area contributed by atoms with Crippen molar-refractivity contribution in [2.45, 2.75) is 117 Å². The van der Waals surface area contributed by atoms with Gasteiger partial charge in [-0.1, -0.05) is 102 Å². The standard InChI is InChI=1S/C42H56N2O/c1-3-5-7-9-33-11-19-37(20-12-33)41(39-23-15-35(31-43)16-24-39)27-29-45-30-28-42(40-25-17-36(32-44)18-26-40)38-21-13-34(14-22-38)10-8-6-4-2/h15-18,23-28,33-34,37-38H,3-14,19-22,29-30H2,1-2H3. The summed E-state index contributed by atoms with van der Waals surface area (Å²) < 4.78 is 6.32. The maximum absolute atomic E-state index is 9.33. The quantitative estimate of drug-likeness (QED) is 0.179. The third-order valence-electron chi connectivity index (χ3n) is 10.5. The Morgan fingerprint density at radius 3 is 1.31 bits per heavy atom. The van der Waals surface area contributed by atoms with Crippen LogP contribution in [0.5, 0.6) is 0 Å². The molecule has 3 nitrogen and oxygen atoms in total. The summed E-state index contributed by atoms with van der Waals surface area (Å²) >= 11 is 0. The van der Waals surface area contributed by atoms with Gasteiger partial charge in [0.05, 0.1) is 36.5 Å². The smallest absolute Gasteiger partial charge is 0.0991 e. The number of benzene rings is 2. The van der Waals surface area contributed by atoms with Crippen LogP contribution in [0.1, 0.15) is 139 Å². The zero-order valence-electron chi connectivity index (χ0n) is 28.1. The molecule has 0 N–H and O–H groups in total. The van der Waals surface area contributed by atoms with E-state index in [0.717, 1.165) is 11.8 Å². The second-order valence-electron chi connectivity index (χ2n) is 13.7. The van der Waals surface area contributed by atoms with E-state index in [0.29, 0.717) is 36.2 Å². The Morgan fingerprint density at radius 1 is 0.600 bits per heavy atom. The molecule has 0 heterocycles. The lowest BCUT2D eigenvalue weighted by Gasteiger charge is -2.31. The molecule has 0 atom stereocenters. The summed E-state index contributed by atoms with van der Waals surface area (Å²) in [6.07, 6.45) is 25.7. The zero-order valence-corrected chi connectivity index (χ0v) is 28.1. The predicted molar refractivity (Wildman–Crippen MR) is 188 cm³/mol. The van der Waals surface area contributed by atoms with Gasteiger partial charge in [-0.3, -0.25) is 0 Å². The molecule has 45 heavy (non-hydrogen) atoms. The average molecular weight is 605 g/mol. The van der Waals surface area contributed by atoms with Gasteiger partial charge >= 0.3 is 0 Å². The van der Waals surface area contributed by atoms with Crippen molar-refractivity contribution >= 4 is 11.1 Å². The molecule has 0 aliphatic heterocycles. The van der Waals surface area contributed by atoms with Gasteiger partial charge in [-0.15, -0.1) is 0 Å². The van der Waals surface area contributed by atoms with Crippen LogP contribution in [0.4, 0.5) is 0 Å². The normalized spacial score (nSPS) is 22.5. The summed E-state index contributed by atoms with van der Waals surface area (Å²) in [4.78, 5) is 0.